The Morgan fingerprint density at radius 2 is 1.87 bits per heavy atom. The van der Waals surface area contributed by atoms with Crippen LogP contribution in [0, 0.1) is 11.6 Å². The lowest BCUT2D eigenvalue weighted by molar-refractivity contribution is 0.102. The fourth-order valence-electron chi connectivity index (χ4n) is 4.99. The van der Waals surface area contributed by atoms with E-state index in [9.17, 15) is 23.5 Å². The summed E-state index contributed by atoms with van der Waals surface area (Å²) in [6, 6.07) is 8.96. The van der Waals surface area contributed by atoms with Crippen molar-refractivity contribution in [3.63, 3.8) is 0 Å². The fourth-order valence-corrected chi connectivity index (χ4v) is 4.99. The molecule has 204 valence electrons. The summed E-state index contributed by atoms with van der Waals surface area (Å²) in [5.74, 6) is -1.68. The van der Waals surface area contributed by atoms with Gasteiger partial charge < -0.3 is 25.6 Å². The first-order valence-electron chi connectivity index (χ1n) is 12.5. The van der Waals surface area contributed by atoms with Crippen molar-refractivity contribution in [3.05, 3.63) is 76.0 Å². The molecular formula is C27H29F2N7O3. The molecule has 0 radical (unpaired) electrons. The highest BCUT2D eigenvalue weighted by Gasteiger charge is 2.36. The molecule has 1 saturated heterocycles. The summed E-state index contributed by atoms with van der Waals surface area (Å²) in [6.07, 6.45) is 0.540. The third kappa shape index (κ3) is 4.66. The van der Waals surface area contributed by atoms with Crippen LogP contribution in [0.5, 0.6) is 0 Å². The van der Waals surface area contributed by atoms with E-state index in [0.717, 1.165) is 29.5 Å². The molecule has 1 amide bonds. The molecular weight excluding hydrogens is 508 g/mol. The Morgan fingerprint density at radius 1 is 1.15 bits per heavy atom. The maximum absolute atomic E-state index is 14.4. The number of halogens is 2. The molecule has 1 atom stereocenters. The second-order valence-corrected chi connectivity index (χ2v) is 10.2. The largest absolute Gasteiger partial charge is 0.394 e. The van der Waals surface area contributed by atoms with Crippen LogP contribution in [-0.2, 0) is 7.05 Å². The van der Waals surface area contributed by atoms with Gasteiger partial charge in [0, 0.05) is 32.1 Å². The number of nitrogens with one attached hydrogen (secondary N) is 1. The van der Waals surface area contributed by atoms with Crippen LogP contribution >= 0.6 is 0 Å². The molecule has 0 bridgehead atoms. The van der Waals surface area contributed by atoms with Crippen molar-refractivity contribution in [3.8, 4) is 5.69 Å². The molecule has 10 nitrogen and oxygen atoms in total. The Morgan fingerprint density at radius 3 is 2.51 bits per heavy atom. The van der Waals surface area contributed by atoms with Gasteiger partial charge in [0.1, 0.15) is 22.7 Å². The van der Waals surface area contributed by atoms with Crippen molar-refractivity contribution in [2.75, 3.05) is 29.9 Å². The summed E-state index contributed by atoms with van der Waals surface area (Å²) in [4.78, 5) is 32.6. The maximum atomic E-state index is 14.4. The van der Waals surface area contributed by atoms with E-state index in [-0.39, 0.29) is 18.2 Å². The van der Waals surface area contributed by atoms with Gasteiger partial charge in [-0.2, -0.15) is 9.78 Å². The van der Waals surface area contributed by atoms with Gasteiger partial charge in [0.25, 0.3) is 11.5 Å². The molecule has 4 aromatic rings. The van der Waals surface area contributed by atoms with Crippen molar-refractivity contribution < 1.29 is 18.7 Å². The topological polar surface area (TPSA) is 131 Å². The predicted molar refractivity (Wildman–Crippen MR) is 143 cm³/mol. The van der Waals surface area contributed by atoms with Crippen LogP contribution in [0.2, 0.25) is 0 Å². The average Bonchev–Trinajstić information content (AvgIpc) is 3.45. The summed E-state index contributed by atoms with van der Waals surface area (Å²) in [6.45, 7) is 4.75. The Hall–Kier alpha value is -4.16. The molecule has 3 heterocycles. The van der Waals surface area contributed by atoms with Gasteiger partial charge in [-0.1, -0.05) is 19.9 Å². The van der Waals surface area contributed by atoms with E-state index in [1.54, 1.807) is 6.07 Å². The number of aliphatic hydroxyl groups is 1. The third-order valence-electron chi connectivity index (χ3n) is 7.02. The van der Waals surface area contributed by atoms with Gasteiger partial charge in [0.15, 0.2) is 11.6 Å². The van der Waals surface area contributed by atoms with Crippen LogP contribution in [0.15, 0.2) is 47.3 Å². The van der Waals surface area contributed by atoms with E-state index >= 15 is 0 Å². The number of aryl methyl sites for hydroxylation is 1. The Kier molecular flexibility index (Phi) is 6.69. The summed E-state index contributed by atoms with van der Waals surface area (Å²) in [5.41, 5.74) is 6.42. The lowest BCUT2D eigenvalue weighted by Crippen LogP contribution is -2.46. The number of benzene rings is 2. The number of carbonyl (C=O) groups is 1. The smallest absolute Gasteiger partial charge is 0.276 e. The predicted octanol–water partition coefficient (Wildman–Crippen LogP) is 2.67. The molecule has 2 aromatic carbocycles. The quantitative estimate of drug-likeness (QED) is 0.345. The lowest BCUT2D eigenvalue weighted by atomic mass is 10.0. The monoisotopic (exact) mass is 537 g/mol. The molecule has 0 spiro atoms. The number of amides is 1. The first-order valence-corrected chi connectivity index (χ1v) is 12.5. The SMILES string of the molecule is CC(C)c1nc2c(N3CC[C@@](N)(CO)C3)c(NC(=O)c3ccc(=O)n(-c4c(F)cccc4F)n3)ccc2n1C. The Balaban J connectivity index is 1.58. The highest BCUT2D eigenvalue weighted by Crippen LogP contribution is 2.38. The minimum Gasteiger partial charge on any atom is -0.394 e. The van der Waals surface area contributed by atoms with Gasteiger partial charge >= 0.3 is 0 Å². The van der Waals surface area contributed by atoms with Crippen molar-refractivity contribution in [1.29, 1.82) is 0 Å². The molecule has 4 N–H and O–H groups in total. The Labute approximate surface area is 222 Å². The number of hydrogen-bond acceptors (Lipinski definition) is 7. The number of carbonyl (C=O) groups excluding carboxylic acids is 1. The molecule has 1 aliphatic rings. The van der Waals surface area contributed by atoms with E-state index < -0.39 is 34.3 Å². The van der Waals surface area contributed by atoms with Gasteiger partial charge in [-0.3, -0.25) is 9.59 Å². The van der Waals surface area contributed by atoms with Gasteiger partial charge in [0.05, 0.1) is 29.0 Å². The van der Waals surface area contributed by atoms with E-state index in [1.165, 1.54) is 12.1 Å². The number of anilines is 2. The number of rotatable bonds is 6. The normalized spacial score (nSPS) is 17.4. The van der Waals surface area contributed by atoms with Crippen LogP contribution in [0.4, 0.5) is 20.2 Å². The second kappa shape index (κ2) is 9.86. The zero-order chi connectivity index (χ0) is 28.1. The molecule has 0 aliphatic carbocycles. The molecule has 5 rings (SSSR count). The van der Waals surface area contributed by atoms with E-state index in [2.05, 4.69) is 10.4 Å². The van der Waals surface area contributed by atoms with Crippen LogP contribution in [0.25, 0.3) is 16.7 Å². The van der Waals surface area contributed by atoms with E-state index in [1.807, 2.05) is 36.4 Å². The minimum absolute atomic E-state index is 0.141. The fraction of sp³-hybridized carbons (Fsp3) is 0.333. The number of para-hydroxylation sites is 1. The van der Waals surface area contributed by atoms with Gasteiger partial charge in [0.2, 0.25) is 0 Å². The van der Waals surface area contributed by atoms with E-state index in [4.69, 9.17) is 10.7 Å². The van der Waals surface area contributed by atoms with Crippen LogP contribution in [0.3, 0.4) is 0 Å². The lowest BCUT2D eigenvalue weighted by Gasteiger charge is -2.25. The van der Waals surface area contributed by atoms with Crippen molar-refractivity contribution in [2.45, 2.75) is 31.7 Å². The summed E-state index contributed by atoms with van der Waals surface area (Å²) in [7, 11) is 1.92. The Bertz CT molecular complexity index is 1630. The van der Waals surface area contributed by atoms with Crippen molar-refractivity contribution in [2.24, 2.45) is 12.8 Å². The average molecular weight is 538 g/mol. The number of fused-ring (bicyclic) bond motifs is 1. The molecule has 0 saturated carbocycles. The molecule has 0 unspecified atom stereocenters. The van der Waals surface area contributed by atoms with E-state index in [0.29, 0.717) is 41.1 Å². The molecule has 12 heteroatoms. The van der Waals surface area contributed by atoms with Crippen molar-refractivity contribution in [1.82, 2.24) is 19.3 Å². The van der Waals surface area contributed by atoms with Crippen LogP contribution in [-0.4, -0.2) is 55.6 Å². The van der Waals surface area contributed by atoms with Gasteiger partial charge in [-0.25, -0.2) is 13.8 Å². The van der Waals surface area contributed by atoms with Crippen molar-refractivity contribution >= 4 is 28.3 Å². The summed E-state index contributed by atoms with van der Waals surface area (Å²) < 4.78 is 31.3. The molecule has 1 aliphatic heterocycles. The highest BCUT2D eigenvalue weighted by atomic mass is 19.1. The number of aliphatic hydroxyl groups excluding tert-OH is 1. The molecule has 2 aromatic heterocycles. The van der Waals surface area contributed by atoms with Crippen LogP contribution in [0.1, 0.15) is 42.5 Å². The maximum Gasteiger partial charge on any atom is 0.276 e. The molecule has 39 heavy (non-hydrogen) atoms. The summed E-state index contributed by atoms with van der Waals surface area (Å²) in [5, 5.41) is 16.6. The first kappa shape index (κ1) is 26.4. The number of aromatic nitrogens is 4. The standard InChI is InChI=1S/C27H29F2N7O3/c1-15(2)25-32-22-20(34(25)3)9-7-18(24(22)35-12-11-27(30,13-35)14-37)31-26(39)19-8-10-21(38)36(33-19)23-16(28)5-4-6-17(23)29/h4-10,15,37H,11-14,30H2,1-3H3,(H,31,39)/t27-/m0/s1. The number of imidazole rings is 1. The first-order chi connectivity index (χ1) is 18.5. The molecule has 1 fully saturated rings. The third-order valence-corrected chi connectivity index (χ3v) is 7.02. The van der Waals surface area contributed by atoms with Gasteiger partial charge in [-0.15, -0.1) is 0 Å². The zero-order valence-electron chi connectivity index (χ0n) is 21.8. The minimum atomic E-state index is -0.991. The second-order valence-electron chi connectivity index (χ2n) is 10.2. The number of nitrogens with two attached hydrogens (primary N) is 1. The van der Waals surface area contributed by atoms with Gasteiger partial charge in [-0.05, 0) is 36.8 Å². The highest BCUT2D eigenvalue weighted by molar-refractivity contribution is 6.08. The zero-order valence-corrected chi connectivity index (χ0v) is 21.8. The van der Waals surface area contributed by atoms with Crippen LogP contribution < -0.4 is 21.5 Å². The number of nitrogens with zero attached hydrogens (tertiary/aromatic N) is 5. The number of hydrogen-bond donors (Lipinski definition) is 3. The summed E-state index contributed by atoms with van der Waals surface area (Å²) >= 11 is 0.